The Morgan fingerprint density at radius 3 is 2.76 bits per heavy atom. The average Bonchev–Trinajstić information content (AvgIpc) is 2.27. The van der Waals surface area contributed by atoms with Crippen LogP contribution >= 0.6 is 0 Å². The Kier molecular flexibility index (Phi) is 3.32. The second kappa shape index (κ2) is 4.74. The normalized spacial score (nSPS) is 11.7. The van der Waals surface area contributed by atoms with Gasteiger partial charge in [-0.15, -0.1) is 0 Å². The highest BCUT2D eigenvalue weighted by Crippen LogP contribution is 2.22. The van der Waals surface area contributed by atoms with Gasteiger partial charge in [0.2, 0.25) is 0 Å². The van der Waals surface area contributed by atoms with Gasteiger partial charge in [-0.3, -0.25) is 4.98 Å². The molecule has 2 rings (SSSR count). The van der Waals surface area contributed by atoms with Gasteiger partial charge in [-0.1, -0.05) is 26.8 Å². The molecule has 0 aliphatic rings. The summed E-state index contributed by atoms with van der Waals surface area (Å²) in [6.45, 7) is 7.43. The third kappa shape index (κ3) is 3.45. The van der Waals surface area contributed by atoms with Crippen LogP contribution in [-0.2, 0) is 0 Å². The van der Waals surface area contributed by atoms with E-state index in [4.69, 9.17) is 4.74 Å². The minimum absolute atomic E-state index is 0.318. The standard InChI is InChI=1S/C15H19NO/c1-15(2,3)8-10-17-13-6-7-14-12(11-13)5-4-9-16-14/h4-7,9,11H,8,10H2,1-3H3. The Hall–Kier alpha value is -1.57. The molecule has 2 aromatic rings. The minimum atomic E-state index is 0.318. The summed E-state index contributed by atoms with van der Waals surface area (Å²) in [7, 11) is 0. The number of fused-ring (bicyclic) bond motifs is 1. The summed E-state index contributed by atoms with van der Waals surface area (Å²) in [5.74, 6) is 0.926. The number of nitrogens with zero attached hydrogens (tertiary/aromatic N) is 1. The van der Waals surface area contributed by atoms with E-state index in [1.54, 1.807) is 0 Å². The highest BCUT2D eigenvalue weighted by Gasteiger charge is 2.09. The van der Waals surface area contributed by atoms with Crippen LogP contribution in [-0.4, -0.2) is 11.6 Å². The van der Waals surface area contributed by atoms with Crippen LogP contribution in [0.25, 0.3) is 10.9 Å². The lowest BCUT2D eigenvalue weighted by molar-refractivity contribution is 0.243. The molecule has 90 valence electrons. The number of hydrogen-bond donors (Lipinski definition) is 0. The van der Waals surface area contributed by atoms with Crippen LogP contribution in [0.5, 0.6) is 5.75 Å². The number of aromatic nitrogens is 1. The number of rotatable bonds is 3. The van der Waals surface area contributed by atoms with Crippen molar-refractivity contribution in [2.24, 2.45) is 5.41 Å². The van der Waals surface area contributed by atoms with Gasteiger partial charge < -0.3 is 4.74 Å². The van der Waals surface area contributed by atoms with Gasteiger partial charge in [-0.05, 0) is 36.1 Å². The van der Waals surface area contributed by atoms with Crippen molar-refractivity contribution in [3.63, 3.8) is 0 Å². The molecule has 0 aliphatic heterocycles. The number of benzene rings is 1. The first-order valence-corrected chi connectivity index (χ1v) is 6.02. The van der Waals surface area contributed by atoms with Gasteiger partial charge in [-0.25, -0.2) is 0 Å². The van der Waals surface area contributed by atoms with Gasteiger partial charge in [0, 0.05) is 11.6 Å². The van der Waals surface area contributed by atoms with E-state index >= 15 is 0 Å². The van der Waals surface area contributed by atoms with Gasteiger partial charge in [0.15, 0.2) is 0 Å². The fourth-order valence-electron chi connectivity index (χ4n) is 1.62. The maximum absolute atomic E-state index is 5.76. The van der Waals surface area contributed by atoms with E-state index in [0.717, 1.165) is 29.7 Å². The molecule has 0 amide bonds. The summed E-state index contributed by atoms with van der Waals surface area (Å²) in [6, 6.07) is 10.0. The predicted octanol–water partition coefficient (Wildman–Crippen LogP) is 4.05. The van der Waals surface area contributed by atoms with Crippen molar-refractivity contribution in [1.29, 1.82) is 0 Å². The van der Waals surface area contributed by atoms with Crippen LogP contribution in [0.4, 0.5) is 0 Å². The zero-order valence-electron chi connectivity index (χ0n) is 10.7. The molecule has 0 atom stereocenters. The second-order valence-electron chi connectivity index (χ2n) is 5.52. The van der Waals surface area contributed by atoms with Crippen LogP contribution in [0.1, 0.15) is 27.2 Å². The van der Waals surface area contributed by atoms with E-state index in [0.29, 0.717) is 5.41 Å². The van der Waals surface area contributed by atoms with Crippen molar-refractivity contribution in [2.75, 3.05) is 6.61 Å². The molecule has 1 aromatic carbocycles. The Balaban J connectivity index is 2.04. The monoisotopic (exact) mass is 229 g/mol. The second-order valence-corrected chi connectivity index (χ2v) is 5.52. The van der Waals surface area contributed by atoms with Crippen LogP contribution < -0.4 is 4.74 Å². The Morgan fingerprint density at radius 1 is 1.18 bits per heavy atom. The third-order valence-electron chi connectivity index (χ3n) is 2.70. The number of hydrogen-bond acceptors (Lipinski definition) is 2. The van der Waals surface area contributed by atoms with E-state index in [2.05, 4.69) is 31.8 Å². The largest absolute Gasteiger partial charge is 0.494 e. The Labute approximate surface area is 103 Å². The first-order chi connectivity index (χ1) is 8.04. The zero-order chi connectivity index (χ0) is 12.3. The van der Waals surface area contributed by atoms with Crippen molar-refractivity contribution < 1.29 is 4.74 Å². The van der Waals surface area contributed by atoms with Crippen molar-refractivity contribution in [1.82, 2.24) is 4.98 Å². The van der Waals surface area contributed by atoms with Gasteiger partial charge in [0.1, 0.15) is 5.75 Å². The average molecular weight is 229 g/mol. The molecule has 17 heavy (non-hydrogen) atoms. The van der Waals surface area contributed by atoms with Gasteiger partial charge in [-0.2, -0.15) is 0 Å². The first-order valence-electron chi connectivity index (χ1n) is 6.02. The van der Waals surface area contributed by atoms with E-state index in [-0.39, 0.29) is 0 Å². The summed E-state index contributed by atoms with van der Waals surface area (Å²) in [5.41, 5.74) is 1.33. The zero-order valence-corrected chi connectivity index (χ0v) is 10.7. The molecule has 1 aromatic heterocycles. The summed E-state index contributed by atoms with van der Waals surface area (Å²) in [4.78, 5) is 4.29. The molecule has 2 heteroatoms. The molecular weight excluding hydrogens is 210 g/mol. The lowest BCUT2D eigenvalue weighted by Crippen LogP contribution is -2.11. The summed E-state index contributed by atoms with van der Waals surface area (Å²) < 4.78 is 5.76. The molecule has 0 unspecified atom stereocenters. The highest BCUT2D eigenvalue weighted by molar-refractivity contribution is 5.79. The Morgan fingerprint density at radius 2 is 2.00 bits per heavy atom. The molecule has 1 heterocycles. The molecule has 2 nitrogen and oxygen atoms in total. The summed E-state index contributed by atoms with van der Waals surface area (Å²) in [5, 5.41) is 1.13. The molecule has 0 bridgehead atoms. The lowest BCUT2D eigenvalue weighted by Gasteiger charge is -2.18. The fourth-order valence-corrected chi connectivity index (χ4v) is 1.62. The van der Waals surface area contributed by atoms with E-state index in [9.17, 15) is 0 Å². The quantitative estimate of drug-likeness (QED) is 0.792. The van der Waals surface area contributed by atoms with Crippen LogP contribution in [0, 0.1) is 5.41 Å². The van der Waals surface area contributed by atoms with Crippen molar-refractivity contribution >= 4 is 10.9 Å². The summed E-state index contributed by atoms with van der Waals surface area (Å²) >= 11 is 0. The van der Waals surface area contributed by atoms with Crippen molar-refractivity contribution in [3.8, 4) is 5.75 Å². The maximum atomic E-state index is 5.76. The topological polar surface area (TPSA) is 22.1 Å². The first kappa shape index (κ1) is 11.9. The van der Waals surface area contributed by atoms with Crippen LogP contribution in [0.15, 0.2) is 36.5 Å². The maximum Gasteiger partial charge on any atom is 0.120 e. The molecule has 0 aliphatic carbocycles. The van der Waals surface area contributed by atoms with Gasteiger partial charge in [0.05, 0.1) is 12.1 Å². The number of ether oxygens (including phenoxy) is 1. The van der Waals surface area contributed by atoms with Crippen molar-refractivity contribution in [2.45, 2.75) is 27.2 Å². The molecule has 0 spiro atoms. The molecule has 0 saturated heterocycles. The lowest BCUT2D eigenvalue weighted by atomic mass is 9.93. The number of pyridine rings is 1. The Bertz CT molecular complexity index is 499. The van der Waals surface area contributed by atoms with Gasteiger partial charge >= 0.3 is 0 Å². The van der Waals surface area contributed by atoms with E-state index < -0.39 is 0 Å². The molecule has 0 fully saturated rings. The molecular formula is C15H19NO. The van der Waals surface area contributed by atoms with Crippen molar-refractivity contribution in [3.05, 3.63) is 36.5 Å². The fraction of sp³-hybridized carbons (Fsp3) is 0.400. The van der Waals surface area contributed by atoms with Crippen LogP contribution in [0.3, 0.4) is 0 Å². The SMILES string of the molecule is CC(C)(C)CCOc1ccc2ncccc2c1. The highest BCUT2D eigenvalue weighted by atomic mass is 16.5. The molecule has 0 saturated carbocycles. The van der Waals surface area contributed by atoms with Gasteiger partial charge in [0.25, 0.3) is 0 Å². The van der Waals surface area contributed by atoms with E-state index in [1.807, 2.05) is 30.5 Å². The summed E-state index contributed by atoms with van der Waals surface area (Å²) in [6.07, 6.45) is 2.86. The van der Waals surface area contributed by atoms with E-state index in [1.165, 1.54) is 0 Å². The smallest absolute Gasteiger partial charge is 0.120 e. The molecule has 0 radical (unpaired) electrons. The van der Waals surface area contributed by atoms with Crippen LogP contribution in [0.2, 0.25) is 0 Å². The third-order valence-corrected chi connectivity index (χ3v) is 2.70. The predicted molar refractivity (Wildman–Crippen MR) is 71.3 cm³/mol. The molecule has 0 N–H and O–H groups in total. The minimum Gasteiger partial charge on any atom is -0.494 e.